The molecule has 4 rings (SSSR count). The third-order valence-corrected chi connectivity index (χ3v) is 10.0. The molecule has 0 radical (unpaired) electrons. The highest BCUT2D eigenvalue weighted by atomic mass is 19.4. The molecule has 0 aromatic rings. The Kier molecular flexibility index (Phi) is 12.8. The first-order chi connectivity index (χ1) is 28.0. The van der Waals surface area contributed by atoms with Crippen LogP contribution in [0.4, 0.5) is 114 Å². The summed E-state index contributed by atoms with van der Waals surface area (Å²) in [5.74, 6) is -100. The molecule has 0 N–H and O–H groups in total. The van der Waals surface area contributed by atoms with Crippen LogP contribution in [0, 0.1) is 11.8 Å². The lowest BCUT2D eigenvalue weighted by atomic mass is 9.50. The maximum Gasteiger partial charge on any atom is 0.460 e. The van der Waals surface area contributed by atoms with Crippen molar-refractivity contribution in [1.29, 1.82) is 0 Å². The molecule has 0 aromatic heterocycles. The van der Waals surface area contributed by atoms with Crippen molar-refractivity contribution in [2.45, 2.75) is 128 Å². The molecular weight excluding hydrogens is 982 g/mol. The molecule has 370 valence electrons. The zero-order valence-electron chi connectivity index (χ0n) is 30.3. The van der Waals surface area contributed by atoms with Gasteiger partial charge in [0.05, 0.1) is 0 Å². The zero-order valence-corrected chi connectivity index (χ0v) is 30.3. The number of halogens is 26. The van der Waals surface area contributed by atoms with Crippen LogP contribution in [-0.2, 0) is 38.1 Å². The molecule has 0 spiro atoms. The van der Waals surface area contributed by atoms with Gasteiger partial charge in [-0.05, 0) is 38.5 Å². The Morgan fingerprint density at radius 2 is 0.922 bits per heavy atom. The normalized spacial score (nSPS) is 25.5. The molecule has 0 aliphatic heterocycles. The average Bonchev–Trinajstić information content (AvgIpc) is 3.09. The predicted molar refractivity (Wildman–Crippen MR) is 145 cm³/mol. The molecule has 0 heterocycles. The Morgan fingerprint density at radius 3 is 1.31 bits per heavy atom. The molecule has 5 atom stereocenters. The van der Waals surface area contributed by atoms with Crippen LogP contribution in [0.25, 0.3) is 0 Å². The van der Waals surface area contributed by atoms with E-state index in [1.807, 2.05) is 0 Å². The van der Waals surface area contributed by atoms with Gasteiger partial charge in [-0.1, -0.05) is 6.58 Å². The second kappa shape index (κ2) is 15.2. The maximum atomic E-state index is 15.0. The summed E-state index contributed by atoms with van der Waals surface area (Å²) in [7, 11) is 0. The van der Waals surface area contributed by atoms with E-state index in [0.29, 0.717) is 0 Å². The molecule has 34 heteroatoms. The Labute approximate surface area is 335 Å². The number of carbonyl (C=O) groups is 4. The van der Waals surface area contributed by atoms with Crippen LogP contribution >= 0.6 is 0 Å². The van der Waals surface area contributed by atoms with Crippen molar-refractivity contribution in [2.24, 2.45) is 11.8 Å². The fraction of sp³-hybridized carbons (Fsp3) is 0.800. The van der Waals surface area contributed by atoms with Crippen molar-refractivity contribution < 1.29 is 152 Å². The molecule has 4 aliphatic rings. The summed E-state index contributed by atoms with van der Waals surface area (Å²) in [6.45, 7) is 2.56. The number of alkyl halides is 26. The molecule has 0 saturated heterocycles. The van der Waals surface area contributed by atoms with Crippen LogP contribution in [0.5, 0.6) is 0 Å². The number of carbonyl (C=O) groups excluding carboxylic acids is 4. The predicted octanol–water partition coefficient (Wildman–Crippen LogP) is 9.28. The molecule has 64 heavy (non-hydrogen) atoms. The van der Waals surface area contributed by atoms with Crippen molar-refractivity contribution in [3.8, 4) is 0 Å². The minimum atomic E-state index is -8.73. The lowest BCUT2D eigenvalue weighted by Crippen LogP contribution is -2.74. The van der Waals surface area contributed by atoms with Gasteiger partial charge in [0, 0.05) is 17.9 Å². The molecule has 4 aliphatic carbocycles. The molecule has 5 unspecified atom stereocenters. The summed E-state index contributed by atoms with van der Waals surface area (Å²) in [5, 5.41) is 0. The molecule has 0 aromatic carbocycles. The van der Waals surface area contributed by atoms with Gasteiger partial charge in [0.15, 0.2) is 12.2 Å². The van der Waals surface area contributed by atoms with Gasteiger partial charge in [0.2, 0.25) is 0 Å². The Morgan fingerprint density at radius 1 is 0.531 bits per heavy atom. The molecule has 0 amide bonds. The van der Waals surface area contributed by atoms with E-state index in [0.717, 1.165) is 6.92 Å². The zero-order chi connectivity index (χ0) is 50.7. The fourth-order valence-corrected chi connectivity index (χ4v) is 7.18. The van der Waals surface area contributed by atoms with Gasteiger partial charge in [0.25, 0.3) is 0 Å². The van der Waals surface area contributed by atoms with Crippen molar-refractivity contribution in [2.75, 3.05) is 6.61 Å². The number of hydrogen-bond donors (Lipinski definition) is 0. The summed E-state index contributed by atoms with van der Waals surface area (Å²) in [4.78, 5) is 49.3. The van der Waals surface area contributed by atoms with Crippen LogP contribution in [0.2, 0.25) is 0 Å². The van der Waals surface area contributed by atoms with Crippen LogP contribution in [0.1, 0.15) is 39.0 Å². The topological polar surface area (TPSA) is 105 Å². The Bertz CT molecular complexity index is 1890. The van der Waals surface area contributed by atoms with E-state index in [4.69, 9.17) is 4.74 Å². The highest BCUT2D eigenvalue weighted by Crippen LogP contribution is 2.65. The molecule has 4 saturated carbocycles. The van der Waals surface area contributed by atoms with Crippen molar-refractivity contribution in [1.82, 2.24) is 0 Å². The summed E-state index contributed by atoms with van der Waals surface area (Å²) in [6.07, 6.45) is -25.9. The van der Waals surface area contributed by atoms with Gasteiger partial charge in [-0.15, -0.1) is 0 Å². The van der Waals surface area contributed by atoms with Crippen molar-refractivity contribution >= 4 is 23.9 Å². The van der Waals surface area contributed by atoms with E-state index in [-0.39, 0.29) is 0 Å². The molecular formula is C30H20F26O8. The number of rotatable bonds is 16. The second-order valence-electron chi connectivity index (χ2n) is 14.7. The summed E-state index contributed by atoms with van der Waals surface area (Å²) in [6, 6.07) is 0. The van der Waals surface area contributed by atoms with Crippen LogP contribution in [-0.4, -0.2) is 119 Å². The van der Waals surface area contributed by atoms with E-state index in [2.05, 4.69) is 20.8 Å². The van der Waals surface area contributed by atoms with Crippen LogP contribution < -0.4 is 0 Å². The van der Waals surface area contributed by atoms with Gasteiger partial charge in [0.1, 0.15) is 11.7 Å². The van der Waals surface area contributed by atoms with Crippen LogP contribution in [0.15, 0.2) is 12.2 Å². The average molecular weight is 1000 g/mol. The number of ether oxygens (including phenoxy) is 4. The van der Waals surface area contributed by atoms with Crippen molar-refractivity contribution in [3.63, 3.8) is 0 Å². The second-order valence-corrected chi connectivity index (χ2v) is 14.7. The Hall–Kier alpha value is -4.20. The minimum absolute atomic E-state index is 0.431. The quantitative estimate of drug-likeness (QED) is 0.0653. The molecule has 4 fully saturated rings. The third kappa shape index (κ3) is 7.68. The van der Waals surface area contributed by atoms with Crippen LogP contribution in [0.3, 0.4) is 0 Å². The number of hydrogen-bond acceptors (Lipinski definition) is 8. The van der Waals surface area contributed by atoms with Crippen molar-refractivity contribution in [3.05, 3.63) is 12.2 Å². The van der Waals surface area contributed by atoms with Gasteiger partial charge >= 0.3 is 95.5 Å². The lowest BCUT2D eigenvalue weighted by Gasteiger charge is -2.62. The fourth-order valence-electron chi connectivity index (χ4n) is 7.18. The lowest BCUT2D eigenvalue weighted by molar-refractivity contribution is -0.438. The highest BCUT2D eigenvalue weighted by Gasteiger charge is 2.94. The third-order valence-electron chi connectivity index (χ3n) is 10.0. The smallest absolute Gasteiger partial charge is 0.456 e. The SMILES string of the molecule is C=C(C)C(=O)OCC(=O)OC12CC3CC(C1)C(OC(=O)C(F)(F)C(F)(F)C(F)(F)C(F)(F)C(F)(F)C(F)(F)F)C(OC(=O)C(F)(F)C(F)(F)C(F)(F)C(F)(F)C(F)(F)C(F)(F)F)(C3)C2. The first kappa shape index (κ1) is 54.1. The standard InChI is InChI=1S/C30H20F26O8/c1-9(2)14(58)61-7-12(57)63-17-4-10-3-11(6-17)13(62-15(59)19(31,32)21(35,36)23(39,40)25(43,44)27(47,48)29(51,52)53)18(5-10,8-17)64-16(60)20(33,34)22(37,38)24(41,42)26(45,46)28(49,50)30(54,55)56/h10-11,13H,1,3-8H2,2H3. The number of esters is 4. The van der Waals surface area contributed by atoms with E-state index >= 15 is 0 Å². The minimum Gasteiger partial charge on any atom is -0.456 e. The maximum absolute atomic E-state index is 15.0. The first-order valence-corrected chi connectivity index (χ1v) is 16.4. The monoisotopic (exact) mass is 1000 g/mol. The van der Waals surface area contributed by atoms with E-state index < -0.39 is 169 Å². The Balaban J connectivity index is 2.19. The van der Waals surface area contributed by atoms with E-state index in [1.165, 1.54) is 0 Å². The van der Waals surface area contributed by atoms with E-state index in [9.17, 15) is 133 Å². The van der Waals surface area contributed by atoms with Gasteiger partial charge in [-0.2, -0.15) is 114 Å². The molecule has 4 bridgehead atoms. The summed E-state index contributed by atoms with van der Waals surface area (Å²) < 4.78 is 375. The summed E-state index contributed by atoms with van der Waals surface area (Å²) >= 11 is 0. The van der Waals surface area contributed by atoms with E-state index in [1.54, 1.807) is 0 Å². The largest absolute Gasteiger partial charge is 0.460 e. The molecule has 8 nitrogen and oxygen atoms in total. The first-order valence-electron chi connectivity index (χ1n) is 16.4. The highest BCUT2D eigenvalue weighted by molar-refractivity contribution is 5.88. The van der Waals surface area contributed by atoms with Gasteiger partial charge in [-0.25, -0.2) is 19.2 Å². The summed E-state index contributed by atoms with van der Waals surface area (Å²) in [5.41, 5.74) is -7.10. The van der Waals surface area contributed by atoms with Gasteiger partial charge in [-0.3, -0.25) is 0 Å². The van der Waals surface area contributed by atoms with Gasteiger partial charge < -0.3 is 18.9 Å².